The first-order valence-corrected chi connectivity index (χ1v) is 13.2. The van der Waals surface area contributed by atoms with E-state index < -0.39 is 32.8 Å². The van der Waals surface area contributed by atoms with E-state index in [0.717, 1.165) is 18.2 Å². The number of rotatable bonds is 8. The predicted octanol–water partition coefficient (Wildman–Crippen LogP) is 7.61. The van der Waals surface area contributed by atoms with Crippen LogP contribution in [0.15, 0.2) is 71.6 Å². The molecule has 2 amide bonds. The zero-order valence-electron chi connectivity index (χ0n) is 19.7. The van der Waals surface area contributed by atoms with E-state index in [4.69, 9.17) is 27.4 Å². The molecule has 0 aliphatic heterocycles. The SMILES string of the molecule is CCC(C)N(Cc1cccc(OS(=O)(=O)c2cccc(C(F)(F)F)c2)c1)C(=O)Nc1ccc(Cl)cc1Cl. The van der Waals surface area contributed by atoms with Crippen LogP contribution in [0.4, 0.5) is 23.7 Å². The van der Waals surface area contributed by atoms with E-state index in [9.17, 15) is 26.4 Å². The van der Waals surface area contributed by atoms with Crippen molar-refractivity contribution in [3.8, 4) is 5.75 Å². The first kappa shape index (κ1) is 28.6. The van der Waals surface area contributed by atoms with Crippen LogP contribution in [-0.2, 0) is 22.8 Å². The number of hydrogen-bond acceptors (Lipinski definition) is 4. The van der Waals surface area contributed by atoms with Crippen LogP contribution in [0.25, 0.3) is 0 Å². The second-order valence-corrected chi connectivity index (χ2v) is 10.5. The van der Waals surface area contributed by atoms with Crippen molar-refractivity contribution in [1.82, 2.24) is 4.90 Å². The number of halogens is 5. The summed E-state index contributed by atoms with van der Waals surface area (Å²) < 4.78 is 69.4. The number of nitrogens with zero attached hydrogens (tertiary/aromatic N) is 1. The minimum absolute atomic E-state index is 0.0901. The van der Waals surface area contributed by atoms with E-state index in [1.54, 1.807) is 18.2 Å². The van der Waals surface area contributed by atoms with Gasteiger partial charge in [0.1, 0.15) is 10.6 Å². The van der Waals surface area contributed by atoms with E-state index in [-0.39, 0.29) is 23.4 Å². The van der Waals surface area contributed by atoms with Crippen molar-refractivity contribution in [1.29, 1.82) is 0 Å². The molecule has 3 rings (SSSR count). The van der Waals surface area contributed by atoms with Crippen LogP contribution in [0, 0.1) is 0 Å². The first-order valence-electron chi connectivity index (χ1n) is 11.0. The number of amides is 2. The molecular weight excluding hydrogens is 552 g/mol. The van der Waals surface area contributed by atoms with E-state index >= 15 is 0 Å². The lowest BCUT2D eigenvalue weighted by atomic mass is 10.1. The van der Waals surface area contributed by atoms with Gasteiger partial charge in [0.25, 0.3) is 0 Å². The lowest BCUT2D eigenvalue weighted by molar-refractivity contribution is -0.137. The molecule has 1 atom stereocenters. The van der Waals surface area contributed by atoms with E-state index in [0.29, 0.717) is 28.8 Å². The Kier molecular flexibility index (Phi) is 8.99. The molecule has 0 radical (unpaired) electrons. The Morgan fingerprint density at radius 2 is 1.76 bits per heavy atom. The summed E-state index contributed by atoms with van der Waals surface area (Å²) in [5, 5.41) is 3.42. The second-order valence-electron chi connectivity index (χ2n) is 8.15. The maximum atomic E-state index is 13.1. The van der Waals surface area contributed by atoms with Crippen molar-refractivity contribution in [2.45, 2.75) is 43.9 Å². The molecule has 0 spiro atoms. The summed E-state index contributed by atoms with van der Waals surface area (Å²) >= 11 is 12.1. The lowest BCUT2D eigenvalue weighted by Gasteiger charge is -2.29. The summed E-state index contributed by atoms with van der Waals surface area (Å²) in [5.74, 6) is -0.111. The van der Waals surface area contributed by atoms with Crippen LogP contribution >= 0.6 is 23.2 Å². The highest BCUT2D eigenvalue weighted by molar-refractivity contribution is 7.87. The van der Waals surface area contributed by atoms with Crippen LogP contribution in [0.3, 0.4) is 0 Å². The predicted molar refractivity (Wildman–Crippen MR) is 136 cm³/mol. The fraction of sp³-hybridized carbons (Fsp3) is 0.240. The largest absolute Gasteiger partial charge is 0.416 e. The van der Waals surface area contributed by atoms with Gasteiger partial charge in [0.2, 0.25) is 0 Å². The van der Waals surface area contributed by atoms with Crippen molar-refractivity contribution in [3.63, 3.8) is 0 Å². The molecule has 0 bridgehead atoms. The smallest absolute Gasteiger partial charge is 0.379 e. The van der Waals surface area contributed by atoms with E-state index in [2.05, 4.69) is 5.32 Å². The van der Waals surface area contributed by atoms with Crippen molar-refractivity contribution in [2.75, 3.05) is 5.32 Å². The van der Waals surface area contributed by atoms with Gasteiger partial charge in [-0.15, -0.1) is 0 Å². The summed E-state index contributed by atoms with van der Waals surface area (Å²) in [6, 6.07) is 13.3. The van der Waals surface area contributed by atoms with Crippen molar-refractivity contribution in [2.24, 2.45) is 0 Å². The van der Waals surface area contributed by atoms with Crippen LogP contribution in [0.5, 0.6) is 5.75 Å². The van der Waals surface area contributed by atoms with Gasteiger partial charge >= 0.3 is 22.3 Å². The molecule has 0 aliphatic carbocycles. The highest BCUT2D eigenvalue weighted by atomic mass is 35.5. The molecule has 1 N–H and O–H groups in total. The number of anilines is 1. The van der Waals surface area contributed by atoms with Gasteiger partial charge in [0.15, 0.2) is 0 Å². The zero-order chi connectivity index (χ0) is 27.4. The molecule has 0 fully saturated rings. The molecule has 198 valence electrons. The molecule has 0 saturated carbocycles. The molecule has 12 heteroatoms. The zero-order valence-corrected chi connectivity index (χ0v) is 22.0. The molecule has 37 heavy (non-hydrogen) atoms. The molecule has 0 saturated heterocycles. The molecule has 1 unspecified atom stereocenters. The van der Waals surface area contributed by atoms with Crippen LogP contribution < -0.4 is 9.50 Å². The normalized spacial score (nSPS) is 12.6. The maximum Gasteiger partial charge on any atom is 0.416 e. The minimum Gasteiger partial charge on any atom is -0.379 e. The molecule has 0 aliphatic rings. The monoisotopic (exact) mass is 574 g/mol. The summed E-state index contributed by atoms with van der Waals surface area (Å²) in [7, 11) is -4.55. The van der Waals surface area contributed by atoms with Gasteiger partial charge < -0.3 is 14.4 Å². The fourth-order valence-electron chi connectivity index (χ4n) is 3.32. The number of benzene rings is 3. The van der Waals surface area contributed by atoms with Gasteiger partial charge in [-0.2, -0.15) is 21.6 Å². The average Bonchev–Trinajstić information content (AvgIpc) is 2.83. The van der Waals surface area contributed by atoms with E-state index in [1.165, 1.54) is 29.2 Å². The molecule has 3 aromatic rings. The number of carbonyl (C=O) groups excluding carboxylic acids is 1. The first-order chi connectivity index (χ1) is 17.3. The number of urea groups is 1. The van der Waals surface area contributed by atoms with Crippen LogP contribution in [0.1, 0.15) is 31.4 Å². The fourth-order valence-corrected chi connectivity index (χ4v) is 4.75. The van der Waals surface area contributed by atoms with Crippen molar-refractivity contribution >= 4 is 45.0 Å². The molecule has 6 nitrogen and oxygen atoms in total. The van der Waals surface area contributed by atoms with Gasteiger partial charge in [-0.05, 0) is 67.4 Å². The maximum absolute atomic E-state index is 13.1. The highest BCUT2D eigenvalue weighted by Crippen LogP contribution is 2.31. The Hall–Kier alpha value is -2.95. The topological polar surface area (TPSA) is 75.7 Å². The average molecular weight is 575 g/mol. The van der Waals surface area contributed by atoms with Crippen LogP contribution in [0.2, 0.25) is 10.0 Å². The Balaban J connectivity index is 1.81. The number of hydrogen-bond donors (Lipinski definition) is 1. The quantitative estimate of drug-likeness (QED) is 0.281. The van der Waals surface area contributed by atoms with Crippen molar-refractivity contribution < 1.29 is 30.6 Å². The minimum atomic E-state index is -4.71. The van der Waals surface area contributed by atoms with Gasteiger partial charge in [-0.25, -0.2) is 4.79 Å². The summed E-state index contributed by atoms with van der Waals surface area (Å²) in [6.45, 7) is 3.84. The Morgan fingerprint density at radius 3 is 2.41 bits per heavy atom. The molecule has 3 aromatic carbocycles. The lowest BCUT2D eigenvalue weighted by Crippen LogP contribution is -2.40. The van der Waals surface area contributed by atoms with Gasteiger partial charge in [0.05, 0.1) is 16.3 Å². The standard InChI is InChI=1S/C25H23Cl2F3N2O4S/c1-3-16(2)32(24(33)31-23-11-10-19(26)14-22(23)27)15-17-6-4-8-20(12-17)36-37(34,35)21-9-5-7-18(13-21)25(28,29)30/h4-14,16H,3,15H2,1-2H3,(H,31,33). The summed E-state index contributed by atoms with van der Waals surface area (Å²) in [5.41, 5.74) is -0.204. The Morgan fingerprint density at radius 1 is 1.05 bits per heavy atom. The van der Waals surface area contributed by atoms with Gasteiger partial charge in [0, 0.05) is 17.6 Å². The van der Waals surface area contributed by atoms with Gasteiger partial charge in [-0.3, -0.25) is 0 Å². The Labute approximate surface area is 223 Å². The summed E-state index contributed by atoms with van der Waals surface area (Å²) in [4.78, 5) is 14.0. The van der Waals surface area contributed by atoms with Crippen LogP contribution in [-0.4, -0.2) is 25.4 Å². The summed E-state index contributed by atoms with van der Waals surface area (Å²) in [6.07, 6.45) is -4.08. The Bertz CT molecular complexity index is 1380. The van der Waals surface area contributed by atoms with E-state index in [1.807, 2.05) is 13.8 Å². The number of carbonyl (C=O) groups is 1. The molecule has 0 heterocycles. The number of nitrogens with one attached hydrogen (secondary N) is 1. The highest BCUT2D eigenvalue weighted by Gasteiger charge is 2.32. The molecular formula is C25H23Cl2F3N2O4S. The second kappa shape index (κ2) is 11.6. The third-order valence-corrected chi connectivity index (χ3v) is 7.25. The van der Waals surface area contributed by atoms with Crippen molar-refractivity contribution in [3.05, 3.63) is 87.9 Å². The number of alkyl halides is 3. The third-order valence-electron chi connectivity index (χ3n) is 5.46. The third kappa shape index (κ3) is 7.53. The molecule has 0 aromatic heterocycles. The van der Waals surface area contributed by atoms with Gasteiger partial charge in [-0.1, -0.05) is 48.3 Å².